The first-order valence-corrected chi connectivity index (χ1v) is 5.49. The monoisotopic (exact) mass is 211 g/mol. The van der Waals surface area contributed by atoms with Crippen LogP contribution in [0.3, 0.4) is 0 Å². The number of nitrogens with two attached hydrogens (primary N) is 1. The molecule has 1 aromatic carbocycles. The number of benzene rings is 1. The highest BCUT2D eigenvalue weighted by Gasteiger charge is 2.05. The van der Waals surface area contributed by atoms with Crippen LogP contribution >= 0.6 is 11.6 Å². The van der Waals surface area contributed by atoms with Crippen molar-refractivity contribution in [2.45, 2.75) is 32.6 Å². The van der Waals surface area contributed by atoms with Crippen molar-refractivity contribution in [2.24, 2.45) is 5.73 Å². The Morgan fingerprint density at radius 3 is 2.71 bits per heavy atom. The smallest absolute Gasteiger partial charge is 0.0435 e. The highest BCUT2D eigenvalue weighted by molar-refractivity contribution is 6.31. The van der Waals surface area contributed by atoms with Gasteiger partial charge in [0.1, 0.15) is 0 Å². The van der Waals surface area contributed by atoms with Crippen molar-refractivity contribution in [3.05, 3.63) is 34.3 Å². The zero-order chi connectivity index (χ0) is 10.6. The standard InChI is InChI=1S/C12H18ClN/c1-9(4-3-7-14)11-5-6-12(13)10(2)8-11/h5-6,8-9H,3-4,7,14H2,1-2H3. The van der Waals surface area contributed by atoms with Crippen molar-refractivity contribution in [3.63, 3.8) is 0 Å². The van der Waals surface area contributed by atoms with E-state index in [1.54, 1.807) is 0 Å². The summed E-state index contributed by atoms with van der Waals surface area (Å²) in [5.74, 6) is 0.578. The summed E-state index contributed by atoms with van der Waals surface area (Å²) in [6.45, 7) is 5.05. The second-order valence-corrected chi connectivity index (χ2v) is 4.25. The van der Waals surface area contributed by atoms with E-state index in [1.807, 2.05) is 13.0 Å². The Labute approximate surface area is 91.3 Å². The Bertz CT molecular complexity index is 296. The van der Waals surface area contributed by atoms with Crippen LogP contribution in [0.4, 0.5) is 0 Å². The van der Waals surface area contributed by atoms with Crippen molar-refractivity contribution < 1.29 is 0 Å². The molecule has 0 aliphatic carbocycles. The molecule has 0 aliphatic rings. The lowest BCUT2D eigenvalue weighted by molar-refractivity contribution is 0.640. The Morgan fingerprint density at radius 2 is 2.14 bits per heavy atom. The van der Waals surface area contributed by atoms with Crippen molar-refractivity contribution in [2.75, 3.05) is 6.54 Å². The molecular formula is C12H18ClN. The van der Waals surface area contributed by atoms with Gasteiger partial charge in [-0.1, -0.05) is 30.7 Å². The second kappa shape index (κ2) is 5.38. The van der Waals surface area contributed by atoms with E-state index in [4.69, 9.17) is 17.3 Å². The third kappa shape index (κ3) is 3.00. The second-order valence-electron chi connectivity index (χ2n) is 3.84. The van der Waals surface area contributed by atoms with E-state index in [0.717, 1.165) is 30.0 Å². The Balaban J connectivity index is 2.70. The molecule has 0 aromatic heterocycles. The Morgan fingerprint density at radius 1 is 1.43 bits per heavy atom. The predicted octanol–water partition coefficient (Wildman–Crippen LogP) is 3.49. The molecule has 0 saturated carbocycles. The summed E-state index contributed by atoms with van der Waals surface area (Å²) < 4.78 is 0. The largest absolute Gasteiger partial charge is 0.330 e. The van der Waals surface area contributed by atoms with Crippen molar-refractivity contribution in [3.8, 4) is 0 Å². The molecule has 2 heteroatoms. The minimum atomic E-state index is 0.578. The molecule has 1 nitrogen and oxygen atoms in total. The van der Waals surface area contributed by atoms with Crippen LogP contribution in [0.5, 0.6) is 0 Å². The van der Waals surface area contributed by atoms with Crippen LogP contribution in [0.2, 0.25) is 5.02 Å². The molecule has 14 heavy (non-hydrogen) atoms. The van der Waals surface area contributed by atoms with Gasteiger partial charge in [-0.2, -0.15) is 0 Å². The first-order valence-electron chi connectivity index (χ1n) is 5.11. The van der Waals surface area contributed by atoms with Gasteiger partial charge in [-0.3, -0.25) is 0 Å². The van der Waals surface area contributed by atoms with E-state index in [9.17, 15) is 0 Å². The summed E-state index contributed by atoms with van der Waals surface area (Å²) in [4.78, 5) is 0. The molecule has 0 bridgehead atoms. The van der Waals surface area contributed by atoms with Crippen LogP contribution in [-0.4, -0.2) is 6.54 Å². The zero-order valence-electron chi connectivity index (χ0n) is 8.89. The number of hydrogen-bond acceptors (Lipinski definition) is 1. The van der Waals surface area contributed by atoms with Gasteiger partial charge >= 0.3 is 0 Å². The molecule has 0 heterocycles. The minimum Gasteiger partial charge on any atom is -0.330 e. The summed E-state index contributed by atoms with van der Waals surface area (Å²) in [6, 6.07) is 6.26. The van der Waals surface area contributed by atoms with Crippen LogP contribution < -0.4 is 5.73 Å². The van der Waals surface area contributed by atoms with Gasteiger partial charge in [0.05, 0.1) is 0 Å². The molecule has 0 radical (unpaired) electrons. The molecule has 0 spiro atoms. The van der Waals surface area contributed by atoms with E-state index in [2.05, 4.69) is 19.1 Å². The van der Waals surface area contributed by atoms with Gasteiger partial charge in [0, 0.05) is 5.02 Å². The first kappa shape index (κ1) is 11.5. The molecule has 0 saturated heterocycles. The molecular weight excluding hydrogens is 194 g/mol. The van der Waals surface area contributed by atoms with Crippen LogP contribution in [0.15, 0.2) is 18.2 Å². The lowest BCUT2D eigenvalue weighted by atomic mass is 9.95. The molecule has 0 fully saturated rings. The molecule has 78 valence electrons. The fourth-order valence-electron chi connectivity index (χ4n) is 1.57. The van der Waals surface area contributed by atoms with Crippen molar-refractivity contribution in [1.29, 1.82) is 0 Å². The molecule has 1 unspecified atom stereocenters. The van der Waals surface area contributed by atoms with E-state index < -0.39 is 0 Å². The van der Waals surface area contributed by atoms with Crippen LogP contribution in [0.1, 0.15) is 36.8 Å². The van der Waals surface area contributed by atoms with Crippen molar-refractivity contribution >= 4 is 11.6 Å². The van der Waals surface area contributed by atoms with Gasteiger partial charge in [0.25, 0.3) is 0 Å². The summed E-state index contributed by atoms with van der Waals surface area (Å²) in [7, 11) is 0. The fraction of sp³-hybridized carbons (Fsp3) is 0.500. The van der Waals surface area contributed by atoms with Gasteiger partial charge in [-0.15, -0.1) is 0 Å². The average molecular weight is 212 g/mol. The average Bonchev–Trinajstić information content (AvgIpc) is 2.18. The summed E-state index contributed by atoms with van der Waals surface area (Å²) in [5.41, 5.74) is 8.01. The summed E-state index contributed by atoms with van der Waals surface area (Å²) in [6.07, 6.45) is 2.24. The van der Waals surface area contributed by atoms with Gasteiger partial charge < -0.3 is 5.73 Å². The highest BCUT2D eigenvalue weighted by Crippen LogP contribution is 2.24. The van der Waals surface area contributed by atoms with Gasteiger partial charge in [0.2, 0.25) is 0 Å². The molecule has 2 N–H and O–H groups in total. The van der Waals surface area contributed by atoms with Gasteiger partial charge in [-0.05, 0) is 49.4 Å². The van der Waals surface area contributed by atoms with Crippen LogP contribution in [-0.2, 0) is 0 Å². The number of rotatable bonds is 4. The maximum absolute atomic E-state index is 5.97. The first-order chi connectivity index (χ1) is 6.65. The number of aryl methyl sites for hydroxylation is 1. The normalized spacial score (nSPS) is 12.9. The molecule has 1 atom stereocenters. The lowest BCUT2D eigenvalue weighted by Gasteiger charge is -2.12. The maximum Gasteiger partial charge on any atom is 0.0435 e. The topological polar surface area (TPSA) is 26.0 Å². The minimum absolute atomic E-state index is 0.578. The maximum atomic E-state index is 5.97. The van der Waals surface area contributed by atoms with E-state index in [-0.39, 0.29) is 0 Å². The lowest BCUT2D eigenvalue weighted by Crippen LogP contribution is -2.02. The Kier molecular flexibility index (Phi) is 4.43. The third-order valence-electron chi connectivity index (χ3n) is 2.59. The molecule has 0 amide bonds. The highest BCUT2D eigenvalue weighted by atomic mass is 35.5. The quantitative estimate of drug-likeness (QED) is 0.811. The molecule has 0 aliphatic heterocycles. The van der Waals surface area contributed by atoms with E-state index in [1.165, 1.54) is 5.56 Å². The number of hydrogen-bond donors (Lipinski definition) is 1. The molecule has 1 rings (SSSR count). The fourth-order valence-corrected chi connectivity index (χ4v) is 1.68. The SMILES string of the molecule is Cc1cc(C(C)CCCN)ccc1Cl. The van der Waals surface area contributed by atoms with Gasteiger partial charge in [0.15, 0.2) is 0 Å². The number of halogens is 1. The Hall–Kier alpha value is -0.530. The van der Waals surface area contributed by atoms with Crippen LogP contribution in [0, 0.1) is 6.92 Å². The van der Waals surface area contributed by atoms with Crippen LogP contribution in [0.25, 0.3) is 0 Å². The molecule has 1 aromatic rings. The summed E-state index contributed by atoms with van der Waals surface area (Å²) >= 11 is 5.97. The van der Waals surface area contributed by atoms with E-state index >= 15 is 0 Å². The summed E-state index contributed by atoms with van der Waals surface area (Å²) in [5, 5.41) is 0.847. The van der Waals surface area contributed by atoms with E-state index in [0.29, 0.717) is 5.92 Å². The third-order valence-corrected chi connectivity index (χ3v) is 3.02. The zero-order valence-corrected chi connectivity index (χ0v) is 9.64. The predicted molar refractivity (Wildman–Crippen MR) is 62.9 cm³/mol. The van der Waals surface area contributed by atoms with Crippen molar-refractivity contribution in [1.82, 2.24) is 0 Å². The van der Waals surface area contributed by atoms with Gasteiger partial charge in [-0.25, -0.2) is 0 Å².